The molecular formula is C11H13N3O5. The predicted octanol–water partition coefficient (Wildman–Crippen LogP) is -2.88. The lowest BCUT2D eigenvalue weighted by Gasteiger charge is -2.27. The van der Waals surface area contributed by atoms with Gasteiger partial charge in [-0.15, -0.1) is 6.42 Å². The molecule has 1 saturated heterocycles. The molecule has 5 N–H and O–H groups in total. The molecule has 1 aromatic heterocycles. The Morgan fingerprint density at radius 3 is 2.95 bits per heavy atom. The molecule has 0 aliphatic carbocycles. The molecule has 0 radical (unpaired) electrons. The lowest BCUT2D eigenvalue weighted by atomic mass is 9.92. The fraction of sp³-hybridized carbons (Fsp3) is 0.455. The summed E-state index contributed by atoms with van der Waals surface area (Å²) in [6, 6.07) is 1.01. The van der Waals surface area contributed by atoms with Crippen LogP contribution in [0.4, 0.5) is 0 Å². The van der Waals surface area contributed by atoms with Crippen LogP contribution in [-0.2, 0) is 4.74 Å². The Morgan fingerprint density at radius 2 is 2.42 bits per heavy atom. The highest BCUT2D eigenvalue weighted by atomic mass is 16.5. The second kappa shape index (κ2) is 4.64. The third kappa shape index (κ3) is 1.98. The van der Waals surface area contributed by atoms with E-state index >= 15 is 0 Å². The Bertz CT molecular complexity index is 703. The van der Waals surface area contributed by atoms with Crippen molar-refractivity contribution in [2.24, 2.45) is 5.73 Å². The Balaban J connectivity index is 2.55. The Labute approximate surface area is 110 Å². The van der Waals surface area contributed by atoms with Crippen molar-refractivity contribution in [3.05, 3.63) is 33.1 Å². The minimum Gasteiger partial charge on any atom is -0.394 e. The first kappa shape index (κ1) is 11.0. The molecule has 2 heterocycles. The van der Waals surface area contributed by atoms with Crippen molar-refractivity contribution in [1.82, 2.24) is 9.55 Å². The number of hydrogen-bond donors (Lipinski definition) is 4. The Kier molecular flexibility index (Phi) is 2.67. The molecule has 1 aromatic rings. The summed E-state index contributed by atoms with van der Waals surface area (Å²) >= 11 is 0. The summed E-state index contributed by atoms with van der Waals surface area (Å²) in [4.78, 5) is 24.8. The first-order valence-corrected chi connectivity index (χ1v) is 5.25. The molecule has 2 rings (SSSR count). The molecule has 1 fully saturated rings. The summed E-state index contributed by atoms with van der Waals surface area (Å²) in [6.45, 7) is -2.93. The van der Waals surface area contributed by atoms with Crippen LogP contribution in [0.1, 0.15) is 8.97 Å². The maximum Gasteiger partial charge on any atom is 0.330 e. The van der Waals surface area contributed by atoms with Crippen LogP contribution in [0.3, 0.4) is 0 Å². The van der Waals surface area contributed by atoms with Crippen LogP contribution < -0.4 is 17.0 Å². The minimum absolute atomic E-state index is 0.660. The molecule has 0 bridgehead atoms. The number of aliphatic hydroxyl groups is 2. The molecule has 1 unspecified atom stereocenters. The van der Waals surface area contributed by atoms with Gasteiger partial charge in [0.05, 0.1) is 9.30 Å². The standard InChI is InChI=1S/C11H13N3O5/c1-2-11(12)8(17)6(5-15)19-9(11)14-4-3-7(16)13-10(14)18/h1,3-4,6,8-9,15,17H,5,12H2,(H,13,16,18)/t6-,8?,9-,11-/m1/s1/i5D2. The summed E-state index contributed by atoms with van der Waals surface area (Å²) in [5.74, 6) is 2.06. The fourth-order valence-corrected chi connectivity index (χ4v) is 1.89. The zero-order valence-corrected chi connectivity index (χ0v) is 9.61. The Hall–Kier alpha value is -1.92. The lowest BCUT2D eigenvalue weighted by molar-refractivity contribution is -0.0477. The number of hydrogen-bond acceptors (Lipinski definition) is 6. The van der Waals surface area contributed by atoms with E-state index in [0.717, 1.165) is 16.8 Å². The van der Waals surface area contributed by atoms with E-state index in [2.05, 4.69) is 5.92 Å². The average Bonchev–Trinajstić information content (AvgIpc) is 2.63. The minimum atomic E-state index is -2.93. The summed E-state index contributed by atoms with van der Waals surface area (Å²) in [6.07, 6.45) is 1.32. The number of H-pyrrole nitrogens is 1. The zero-order valence-electron chi connectivity index (χ0n) is 11.6. The molecule has 8 nitrogen and oxygen atoms in total. The SMILES string of the molecule is [2H]C([2H])(O)[C@H]1O[C@@H](n2ccc(=O)[nH]c2=O)[C@@](N)(C#C)C1O. The largest absolute Gasteiger partial charge is 0.394 e. The third-order valence-corrected chi connectivity index (χ3v) is 2.94. The second-order valence-corrected chi connectivity index (χ2v) is 4.08. The predicted molar refractivity (Wildman–Crippen MR) is 64.1 cm³/mol. The van der Waals surface area contributed by atoms with Gasteiger partial charge >= 0.3 is 5.69 Å². The highest BCUT2D eigenvalue weighted by molar-refractivity contribution is 5.22. The van der Waals surface area contributed by atoms with E-state index in [1.807, 2.05) is 4.98 Å². The van der Waals surface area contributed by atoms with Gasteiger partial charge in [0, 0.05) is 12.3 Å². The summed E-state index contributed by atoms with van der Waals surface area (Å²) in [5, 5.41) is 19.4. The number of nitrogens with zero attached hydrogens (tertiary/aromatic N) is 1. The number of nitrogens with one attached hydrogen (secondary N) is 1. The van der Waals surface area contributed by atoms with Gasteiger partial charge in [-0.3, -0.25) is 14.3 Å². The van der Waals surface area contributed by atoms with Gasteiger partial charge in [-0.1, -0.05) is 5.92 Å². The van der Waals surface area contributed by atoms with Gasteiger partial charge in [-0.25, -0.2) is 4.79 Å². The summed E-state index contributed by atoms with van der Waals surface area (Å²) < 4.78 is 20.4. The van der Waals surface area contributed by atoms with Crippen LogP contribution in [-0.4, -0.2) is 44.1 Å². The van der Waals surface area contributed by atoms with Crippen LogP contribution in [0.5, 0.6) is 0 Å². The topological polar surface area (TPSA) is 131 Å². The van der Waals surface area contributed by atoms with Crippen LogP contribution in [0.25, 0.3) is 0 Å². The van der Waals surface area contributed by atoms with Gasteiger partial charge in [0.2, 0.25) is 0 Å². The Morgan fingerprint density at radius 1 is 1.74 bits per heavy atom. The second-order valence-electron chi connectivity index (χ2n) is 4.08. The molecule has 19 heavy (non-hydrogen) atoms. The number of aliphatic hydroxyl groups excluding tert-OH is 1. The van der Waals surface area contributed by atoms with Crippen molar-refractivity contribution < 1.29 is 17.7 Å². The van der Waals surface area contributed by atoms with E-state index in [9.17, 15) is 19.8 Å². The van der Waals surface area contributed by atoms with Crippen molar-refractivity contribution in [3.63, 3.8) is 0 Å². The van der Waals surface area contributed by atoms with Gasteiger partial charge in [-0.2, -0.15) is 0 Å². The van der Waals surface area contributed by atoms with Crippen LogP contribution in [0.2, 0.25) is 0 Å². The van der Waals surface area contributed by atoms with Gasteiger partial charge in [-0.05, 0) is 0 Å². The van der Waals surface area contributed by atoms with Crippen molar-refractivity contribution >= 4 is 0 Å². The number of aromatic nitrogens is 2. The molecule has 1 aliphatic heterocycles. The fourth-order valence-electron chi connectivity index (χ4n) is 1.89. The number of terminal acetylenes is 1. The van der Waals surface area contributed by atoms with Crippen molar-refractivity contribution in [2.45, 2.75) is 24.0 Å². The number of ether oxygens (including phenoxy) is 1. The number of aromatic amines is 1. The van der Waals surface area contributed by atoms with E-state index in [4.69, 9.17) is 19.6 Å². The highest BCUT2D eigenvalue weighted by Gasteiger charge is 2.54. The quantitative estimate of drug-likeness (QED) is 0.426. The molecule has 0 spiro atoms. The smallest absolute Gasteiger partial charge is 0.330 e. The number of nitrogens with two attached hydrogens (primary N) is 1. The van der Waals surface area contributed by atoms with E-state index in [1.54, 1.807) is 0 Å². The molecule has 0 saturated carbocycles. The van der Waals surface area contributed by atoms with Gasteiger partial charge < -0.3 is 20.7 Å². The van der Waals surface area contributed by atoms with Crippen molar-refractivity contribution in [1.29, 1.82) is 0 Å². The van der Waals surface area contributed by atoms with Crippen molar-refractivity contribution in [3.8, 4) is 12.3 Å². The van der Waals surface area contributed by atoms with Gasteiger partial charge in [0.1, 0.15) is 12.2 Å². The van der Waals surface area contributed by atoms with E-state index in [-0.39, 0.29) is 0 Å². The number of rotatable bonds is 2. The third-order valence-electron chi connectivity index (χ3n) is 2.94. The first-order valence-electron chi connectivity index (χ1n) is 6.25. The monoisotopic (exact) mass is 269 g/mol. The maximum absolute atomic E-state index is 11.8. The molecule has 0 amide bonds. The van der Waals surface area contributed by atoms with Gasteiger partial charge in [0.15, 0.2) is 11.8 Å². The first-order chi connectivity index (χ1) is 9.61. The van der Waals surface area contributed by atoms with E-state index in [0.29, 0.717) is 0 Å². The van der Waals surface area contributed by atoms with Crippen LogP contribution >= 0.6 is 0 Å². The molecule has 0 aromatic carbocycles. The normalized spacial score (nSPS) is 36.4. The van der Waals surface area contributed by atoms with Gasteiger partial charge in [0.25, 0.3) is 5.56 Å². The van der Waals surface area contributed by atoms with E-state index in [1.165, 1.54) is 0 Å². The lowest BCUT2D eigenvalue weighted by Crippen LogP contribution is -2.55. The summed E-state index contributed by atoms with van der Waals surface area (Å²) in [7, 11) is 0. The molecule has 4 atom stereocenters. The van der Waals surface area contributed by atoms with Crippen LogP contribution in [0.15, 0.2) is 21.9 Å². The summed E-state index contributed by atoms with van der Waals surface area (Å²) in [5.41, 5.74) is 2.30. The maximum atomic E-state index is 11.8. The molecule has 102 valence electrons. The van der Waals surface area contributed by atoms with E-state index < -0.39 is 41.8 Å². The molecule has 8 heteroatoms. The van der Waals surface area contributed by atoms with Crippen LogP contribution in [0, 0.1) is 12.3 Å². The molecule has 1 aliphatic rings. The zero-order chi connectivity index (χ0) is 16.0. The highest BCUT2D eigenvalue weighted by Crippen LogP contribution is 2.35. The average molecular weight is 269 g/mol. The van der Waals surface area contributed by atoms with Crippen molar-refractivity contribution in [2.75, 3.05) is 6.56 Å². The molecular weight excluding hydrogens is 254 g/mol.